The van der Waals surface area contributed by atoms with Gasteiger partial charge in [-0.15, -0.1) is 0 Å². The van der Waals surface area contributed by atoms with Crippen LogP contribution in [0.2, 0.25) is 0 Å². The minimum absolute atomic E-state index is 0.304. The van der Waals surface area contributed by atoms with Gasteiger partial charge in [0.05, 0.1) is 24.4 Å². The Kier molecular flexibility index (Phi) is 3.92. The van der Waals surface area contributed by atoms with Gasteiger partial charge in [0.15, 0.2) is 0 Å². The number of rotatable bonds is 4. The van der Waals surface area contributed by atoms with Crippen LogP contribution in [0.25, 0.3) is 0 Å². The van der Waals surface area contributed by atoms with E-state index in [1.54, 1.807) is 0 Å². The number of ether oxygens (including phenoxy) is 1. The average molecular weight is 251 g/mol. The first-order valence-electron chi connectivity index (χ1n) is 5.05. The fourth-order valence-corrected chi connectivity index (χ4v) is 3.36. The summed E-state index contributed by atoms with van der Waals surface area (Å²) in [5.41, 5.74) is -1.27. The molecule has 1 aliphatic heterocycles. The van der Waals surface area contributed by atoms with Gasteiger partial charge in [-0.3, -0.25) is 4.79 Å². The van der Waals surface area contributed by atoms with Crippen molar-refractivity contribution >= 4 is 16.0 Å². The van der Waals surface area contributed by atoms with Gasteiger partial charge in [-0.2, -0.15) is 4.31 Å². The highest BCUT2D eigenvalue weighted by atomic mass is 32.2. The maximum atomic E-state index is 11.9. The summed E-state index contributed by atoms with van der Waals surface area (Å²) < 4.78 is 30.2. The molecule has 0 amide bonds. The van der Waals surface area contributed by atoms with Crippen molar-refractivity contribution in [3.63, 3.8) is 0 Å². The summed E-state index contributed by atoms with van der Waals surface area (Å²) in [7, 11) is -3.51. The smallest absolute Gasteiger partial charge is 0.310 e. The Hall–Kier alpha value is -0.660. The van der Waals surface area contributed by atoms with E-state index in [9.17, 15) is 13.2 Å². The molecule has 0 bridgehead atoms. The molecule has 94 valence electrons. The molecule has 0 aromatic carbocycles. The van der Waals surface area contributed by atoms with Crippen molar-refractivity contribution in [2.75, 3.05) is 32.1 Å². The van der Waals surface area contributed by atoms with Crippen LogP contribution < -0.4 is 0 Å². The molecule has 1 fully saturated rings. The summed E-state index contributed by atoms with van der Waals surface area (Å²) in [6.45, 7) is 4.16. The van der Waals surface area contributed by atoms with Crippen LogP contribution in [-0.2, 0) is 19.6 Å². The van der Waals surface area contributed by atoms with Gasteiger partial charge in [-0.1, -0.05) is 0 Å². The van der Waals surface area contributed by atoms with Crippen LogP contribution in [-0.4, -0.2) is 55.9 Å². The van der Waals surface area contributed by atoms with E-state index in [0.717, 1.165) is 0 Å². The maximum Gasteiger partial charge on any atom is 0.310 e. The predicted molar refractivity (Wildman–Crippen MR) is 57.6 cm³/mol. The Bertz CT molecular complexity index is 356. The second-order valence-electron chi connectivity index (χ2n) is 4.46. The second kappa shape index (κ2) is 4.68. The third-order valence-corrected chi connectivity index (χ3v) is 4.72. The minimum Gasteiger partial charge on any atom is -0.481 e. The van der Waals surface area contributed by atoms with Crippen molar-refractivity contribution in [2.45, 2.75) is 13.8 Å². The van der Waals surface area contributed by atoms with Gasteiger partial charge in [-0.25, -0.2) is 8.42 Å². The van der Waals surface area contributed by atoms with E-state index in [1.165, 1.54) is 18.2 Å². The Morgan fingerprint density at radius 2 is 1.88 bits per heavy atom. The molecule has 1 N–H and O–H groups in total. The zero-order chi connectivity index (χ0) is 12.4. The van der Waals surface area contributed by atoms with Gasteiger partial charge >= 0.3 is 5.97 Å². The van der Waals surface area contributed by atoms with Crippen LogP contribution >= 0.6 is 0 Å². The van der Waals surface area contributed by atoms with E-state index in [1.807, 2.05) is 0 Å². The monoisotopic (exact) mass is 251 g/mol. The van der Waals surface area contributed by atoms with E-state index < -0.39 is 21.4 Å². The third-order valence-electron chi connectivity index (χ3n) is 2.49. The van der Waals surface area contributed by atoms with Crippen LogP contribution in [0, 0.1) is 5.41 Å². The minimum atomic E-state index is -3.51. The van der Waals surface area contributed by atoms with Gasteiger partial charge in [0.2, 0.25) is 10.0 Å². The molecule has 1 aliphatic rings. The third kappa shape index (κ3) is 3.16. The molecule has 16 heavy (non-hydrogen) atoms. The number of carboxylic acid groups (broad SMARTS) is 1. The molecule has 0 aromatic heterocycles. The van der Waals surface area contributed by atoms with Crippen LogP contribution in [0.1, 0.15) is 13.8 Å². The molecule has 1 saturated heterocycles. The number of carbonyl (C=O) groups is 1. The highest BCUT2D eigenvalue weighted by Crippen LogP contribution is 2.20. The molecule has 0 saturated carbocycles. The van der Waals surface area contributed by atoms with Crippen LogP contribution in [0.4, 0.5) is 0 Å². The van der Waals surface area contributed by atoms with Gasteiger partial charge in [-0.05, 0) is 13.8 Å². The number of aliphatic carboxylic acids is 1. The van der Waals surface area contributed by atoms with Crippen molar-refractivity contribution in [1.29, 1.82) is 0 Å². The first kappa shape index (κ1) is 13.4. The molecular weight excluding hydrogens is 234 g/mol. The Balaban J connectivity index is 2.74. The zero-order valence-electron chi connectivity index (χ0n) is 9.47. The predicted octanol–water partition coefficient (Wildman–Crippen LogP) is -0.241. The van der Waals surface area contributed by atoms with Crippen molar-refractivity contribution in [3.8, 4) is 0 Å². The highest BCUT2D eigenvalue weighted by Gasteiger charge is 2.36. The van der Waals surface area contributed by atoms with Crippen LogP contribution in [0.5, 0.6) is 0 Å². The lowest BCUT2D eigenvalue weighted by Crippen LogP contribution is -2.45. The molecule has 0 atom stereocenters. The molecule has 0 aliphatic carbocycles. The molecule has 6 nitrogen and oxygen atoms in total. The van der Waals surface area contributed by atoms with Crippen LogP contribution in [0.3, 0.4) is 0 Å². The van der Waals surface area contributed by atoms with Crippen molar-refractivity contribution in [1.82, 2.24) is 4.31 Å². The lowest BCUT2D eigenvalue weighted by Gasteiger charge is -2.29. The fourth-order valence-electron chi connectivity index (χ4n) is 1.43. The number of nitrogens with zero attached hydrogens (tertiary/aromatic N) is 1. The number of carboxylic acids is 1. The summed E-state index contributed by atoms with van der Waals surface area (Å²) >= 11 is 0. The Labute approximate surface area is 95.2 Å². The Morgan fingerprint density at radius 3 is 2.31 bits per heavy atom. The first-order valence-corrected chi connectivity index (χ1v) is 6.65. The summed E-state index contributed by atoms with van der Waals surface area (Å²) in [4.78, 5) is 10.9. The van der Waals surface area contributed by atoms with Crippen molar-refractivity contribution < 1.29 is 23.1 Å². The molecule has 1 heterocycles. The van der Waals surface area contributed by atoms with Gasteiger partial charge in [0.25, 0.3) is 0 Å². The lowest BCUT2D eigenvalue weighted by molar-refractivity contribution is -0.145. The van der Waals surface area contributed by atoms with E-state index in [0.29, 0.717) is 26.3 Å². The summed E-state index contributed by atoms with van der Waals surface area (Å²) in [6.07, 6.45) is 0. The van der Waals surface area contributed by atoms with E-state index in [4.69, 9.17) is 9.84 Å². The summed E-state index contributed by atoms with van der Waals surface area (Å²) in [5.74, 6) is -1.49. The second-order valence-corrected chi connectivity index (χ2v) is 6.43. The SMILES string of the molecule is CC(C)(CS(=O)(=O)N1CCOCC1)C(=O)O. The van der Waals surface area contributed by atoms with Gasteiger partial charge in [0.1, 0.15) is 0 Å². The number of hydrogen-bond donors (Lipinski definition) is 1. The van der Waals surface area contributed by atoms with Gasteiger partial charge < -0.3 is 9.84 Å². The fraction of sp³-hybridized carbons (Fsp3) is 0.889. The number of morpholine rings is 1. The largest absolute Gasteiger partial charge is 0.481 e. The average Bonchev–Trinajstić information content (AvgIpc) is 2.17. The quantitative estimate of drug-likeness (QED) is 0.745. The molecule has 0 radical (unpaired) electrons. The standard InChI is InChI=1S/C9H17NO5S/c1-9(2,8(11)12)7-16(13,14)10-3-5-15-6-4-10/h3-7H2,1-2H3,(H,11,12). The zero-order valence-corrected chi connectivity index (χ0v) is 10.3. The molecule has 7 heteroatoms. The van der Waals surface area contributed by atoms with Crippen molar-refractivity contribution in [2.24, 2.45) is 5.41 Å². The topological polar surface area (TPSA) is 83.9 Å². The summed E-state index contributed by atoms with van der Waals surface area (Å²) in [6, 6.07) is 0. The normalized spacial score (nSPS) is 19.6. The van der Waals surface area contributed by atoms with E-state index in [-0.39, 0.29) is 5.75 Å². The number of sulfonamides is 1. The molecule has 0 spiro atoms. The van der Waals surface area contributed by atoms with Crippen molar-refractivity contribution in [3.05, 3.63) is 0 Å². The number of hydrogen-bond acceptors (Lipinski definition) is 4. The molecular formula is C9H17NO5S. The molecule has 0 unspecified atom stereocenters. The Morgan fingerprint density at radius 1 is 1.38 bits per heavy atom. The maximum absolute atomic E-state index is 11.9. The van der Waals surface area contributed by atoms with Gasteiger partial charge in [0, 0.05) is 13.1 Å². The first-order chi connectivity index (χ1) is 7.26. The molecule has 1 rings (SSSR count). The lowest BCUT2D eigenvalue weighted by atomic mass is 9.97. The molecule has 0 aromatic rings. The van der Waals surface area contributed by atoms with E-state index in [2.05, 4.69) is 0 Å². The highest BCUT2D eigenvalue weighted by molar-refractivity contribution is 7.89. The van der Waals surface area contributed by atoms with Crippen LogP contribution in [0.15, 0.2) is 0 Å². The summed E-state index contributed by atoms with van der Waals surface area (Å²) in [5, 5.41) is 8.90. The van der Waals surface area contributed by atoms with E-state index >= 15 is 0 Å².